The van der Waals surface area contributed by atoms with Gasteiger partial charge in [0.05, 0.1) is 18.6 Å². The number of nitrogens with zero attached hydrogens (tertiary/aromatic N) is 5. The number of hydrogen-bond donors (Lipinski definition) is 0. The summed E-state index contributed by atoms with van der Waals surface area (Å²) in [7, 11) is 2.91. The smallest absolute Gasteiger partial charge is 0.291 e. The first-order valence-corrected chi connectivity index (χ1v) is 10.8. The minimum absolute atomic E-state index is 0.0310. The summed E-state index contributed by atoms with van der Waals surface area (Å²) in [6, 6.07) is 7.13. The van der Waals surface area contributed by atoms with Gasteiger partial charge >= 0.3 is 0 Å². The second-order valence-corrected chi connectivity index (χ2v) is 8.23. The van der Waals surface area contributed by atoms with Crippen LogP contribution in [0, 0.1) is 26.6 Å². The molecule has 0 atom stereocenters. The number of amides is 2. The Labute approximate surface area is 197 Å². The Morgan fingerprint density at radius 2 is 1.74 bits per heavy atom. The van der Waals surface area contributed by atoms with Gasteiger partial charge in [-0.25, -0.2) is 19.3 Å². The summed E-state index contributed by atoms with van der Waals surface area (Å²) in [5.41, 5.74) is 4.80. The molecule has 2 aromatic heterocycles. The van der Waals surface area contributed by atoms with Gasteiger partial charge in [0.25, 0.3) is 5.91 Å². The molecule has 0 aliphatic rings. The van der Waals surface area contributed by atoms with Crippen molar-refractivity contribution in [2.24, 2.45) is 0 Å². The molecule has 3 rings (SSSR count). The maximum atomic E-state index is 13.5. The number of carbonyl (C=O) groups excluding carboxylic acids is 2. The Morgan fingerprint density at radius 3 is 2.41 bits per heavy atom. The summed E-state index contributed by atoms with van der Waals surface area (Å²) in [5, 5.41) is 0. The summed E-state index contributed by atoms with van der Waals surface area (Å²) in [5.74, 6) is -1.50. The molecule has 7 nitrogen and oxygen atoms in total. The lowest BCUT2D eigenvalue weighted by Crippen LogP contribution is -2.40. The van der Waals surface area contributed by atoms with E-state index < -0.39 is 24.3 Å². The van der Waals surface area contributed by atoms with E-state index in [2.05, 4.69) is 15.0 Å². The highest BCUT2D eigenvalue weighted by molar-refractivity contribution is 5.98. The largest absolute Gasteiger partial charge is 0.330 e. The van der Waals surface area contributed by atoms with Crippen molar-refractivity contribution in [2.75, 3.05) is 32.2 Å². The number of halogens is 2. The average Bonchev–Trinajstić information content (AvgIpc) is 2.79. The van der Waals surface area contributed by atoms with Crippen LogP contribution >= 0.6 is 0 Å². The molecule has 0 saturated carbocycles. The van der Waals surface area contributed by atoms with Crippen molar-refractivity contribution in [1.82, 2.24) is 19.9 Å². The Bertz CT molecular complexity index is 1230. The Morgan fingerprint density at radius 1 is 1.00 bits per heavy atom. The van der Waals surface area contributed by atoms with E-state index in [0.29, 0.717) is 5.69 Å². The van der Waals surface area contributed by atoms with Crippen LogP contribution in [0.25, 0.3) is 11.3 Å². The number of aromatic nitrogens is 3. The molecule has 3 aromatic rings. The zero-order chi connectivity index (χ0) is 25.0. The van der Waals surface area contributed by atoms with E-state index in [0.717, 1.165) is 34.5 Å². The SMILES string of the molecule is Cc1ccc(-c2nc(C(=O)N(C)CC(=O)N(C)c3ncc(F)cc3CCF)ncc2C)c(C)c1. The first-order chi connectivity index (χ1) is 16.1. The normalized spacial score (nSPS) is 10.8. The van der Waals surface area contributed by atoms with E-state index in [-0.39, 0.29) is 30.2 Å². The lowest BCUT2D eigenvalue weighted by atomic mass is 10.0. The highest BCUT2D eigenvalue weighted by Gasteiger charge is 2.23. The summed E-state index contributed by atoms with van der Waals surface area (Å²) >= 11 is 0. The van der Waals surface area contributed by atoms with Gasteiger partial charge < -0.3 is 4.90 Å². The molecule has 34 heavy (non-hydrogen) atoms. The van der Waals surface area contributed by atoms with Crippen LogP contribution in [0.3, 0.4) is 0 Å². The fourth-order valence-electron chi connectivity index (χ4n) is 3.63. The molecule has 0 fully saturated rings. The minimum atomic E-state index is -0.716. The van der Waals surface area contributed by atoms with E-state index in [9.17, 15) is 18.4 Å². The van der Waals surface area contributed by atoms with Crippen molar-refractivity contribution < 1.29 is 18.4 Å². The molecule has 9 heteroatoms. The van der Waals surface area contributed by atoms with Gasteiger partial charge in [-0.15, -0.1) is 0 Å². The van der Waals surface area contributed by atoms with Crippen molar-refractivity contribution >= 4 is 17.6 Å². The molecule has 178 valence electrons. The van der Waals surface area contributed by atoms with E-state index >= 15 is 0 Å². The molecule has 0 saturated heterocycles. The minimum Gasteiger partial charge on any atom is -0.330 e. The Hall–Kier alpha value is -3.75. The molecule has 0 aliphatic carbocycles. The van der Waals surface area contributed by atoms with Gasteiger partial charge in [-0.1, -0.05) is 23.8 Å². The van der Waals surface area contributed by atoms with Gasteiger partial charge in [0.2, 0.25) is 11.7 Å². The number of alkyl halides is 1. The lowest BCUT2D eigenvalue weighted by molar-refractivity contribution is -0.118. The van der Waals surface area contributed by atoms with E-state index in [4.69, 9.17) is 0 Å². The second kappa shape index (κ2) is 10.5. The van der Waals surface area contributed by atoms with Crippen LogP contribution in [0.1, 0.15) is 32.9 Å². The molecule has 2 amide bonds. The van der Waals surface area contributed by atoms with Crippen molar-refractivity contribution in [3.05, 3.63) is 70.6 Å². The van der Waals surface area contributed by atoms with Crippen LogP contribution in [0.4, 0.5) is 14.6 Å². The third-order valence-electron chi connectivity index (χ3n) is 5.48. The van der Waals surface area contributed by atoms with Gasteiger partial charge in [-0.3, -0.25) is 18.9 Å². The molecule has 0 N–H and O–H groups in total. The third-order valence-corrected chi connectivity index (χ3v) is 5.48. The molecule has 0 unspecified atom stereocenters. The number of likely N-dealkylation sites (N-methyl/N-ethyl adjacent to an activating group) is 2. The highest BCUT2D eigenvalue weighted by Crippen LogP contribution is 2.25. The van der Waals surface area contributed by atoms with Gasteiger partial charge in [-0.05, 0) is 38.0 Å². The van der Waals surface area contributed by atoms with Crippen LogP contribution in [0.5, 0.6) is 0 Å². The zero-order valence-corrected chi connectivity index (χ0v) is 19.9. The summed E-state index contributed by atoms with van der Waals surface area (Å²) < 4.78 is 26.4. The monoisotopic (exact) mass is 467 g/mol. The van der Waals surface area contributed by atoms with Crippen LogP contribution in [0.15, 0.2) is 36.7 Å². The van der Waals surface area contributed by atoms with Crippen molar-refractivity contribution in [1.29, 1.82) is 0 Å². The number of benzene rings is 1. The quantitative estimate of drug-likeness (QED) is 0.527. The molecule has 2 heterocycles. The fraction of sp³-hybridized carbons (Fsp3) is 0.320. The number of aryl methyl sites for hydroxylation is 4. The predicted molar refractivity (Wildman–Crippen MR) is 126 cm³/mol. The van der Waals surface area contributed by atoms with Crippen LogP contribution < -0.4 is 4.90 Å². The summed E-state index contributed by atoms with van der Waals surface area (Å²) in [6.07, 6.45) is 2.47. The summed E-state index contributed by atoms with van der Waals surface area (Å²) in [4.78, 5) is 40.8. The first kappa shape index (κ1) is 24.9. The molecular weight excluding hydrogens is 440 g/mol. The number of carbonyl (C=O) groups is 2. The highest BCUT2D eigenvalue weighted by atomic mass is 19.1. The van der Waals surface area contributed by atoms with Crippen molar-refractivity contribution in [3.63, 3.8) is 0 Å². The number of pyridine rings is 1. The maximum Gasteiger partial charge on any atom is 0.291 e. The van der Waals surface area contributed by atoms with E-state index in [1.165, 1.54) is 23.9 Å². The predicted octanol–water partition coefficient (Wildman–Crippen LogP) is 3.85. The zero-order valence-electron chi connectivity index (χ0n) is 19.9. The second-order valence-electron chi connectivity index (χ2n) is 8.23. The van der Waals surface area contributed by atoms with Crippen molar-refractivity contribution in [3.8, 4) is 11.3 Å². The topological polar surface area (TPSA) is 79.3 Å². The maximum absolute atomic E-state index is 13.5. The first-order valence-electron chi connectivity index (χ1n) is 10.8. The molecule has 0 spiro atoms. The van der Waals surface area contributed by atoms with Crippen LogP contribution in [0.2, 0.25) is 0 Å². The molecule has 0 aliphatic heterocycles. The average molecular weight is 468 g/mol. The Kier molecular flexibility index (Phi) is 7.65. The Balaban J connectivity index is 1.80. The van der Waals surface area contributed by atoms with Crippen LogP contribution in [-0.2, 0) is 11.2 Å². The fourth-order valence-corrected chi connectivity index (χ4v) is 3.63. The van der Waals surface area contributed by atoms with Gasteiger partial charge in [0, 0.05) is 37.8 Å². The van der Waals surface area contributed by atoms with E-state index in [1.807, 2.05) is 39.0 Å². The van der Waals surface area contributed by atoms with Gasteiger partial charge in [0.15, 0.2) is 0 Å². The molecule has 0 bridgehead atoms. The van der Waals surface area contributed by atoms with Crippen molar-refractivity contribution in [2.45, 2.75) is 27.2 Å². The van der Waals surface area contributed by atoms with Gasteiger partial charge in [0.1, 0.15) is 18.2 Å². The number of rotatable bonds is 7. The number of hydrogen-bond acceptors (Lipinski definition) is 5. The molecule has 1 aromatic carbocycles. The van der Waals surface area contributed by atoms with Crippen LogP contribution in [-0.4, -0.2) is 59.0 Å². The third kappa shape index (κ3) is 5.41. The number of anilines is 1. The molecular formula is C25H27F2N5O2. The van der Waals surface area contributed by atoms with E-state index in [1.54, 1.807) is 6.20 Å². The standard InChI is InChI=1S/C25H27F2N5O2/c1-15-6-7-20(16(2)10-15)22-17(3)12-28-23(30-22)25(34)31(4)14-21(33)32(5)24-18(8-9-26)11-19(27)13-29-24/h6-7,10-13H,8-9,14H2,1-5H3. The molecule has 0 radical (unpaired) electrons. The summed E-state index contributed by atoms with van der Waals surface area (Å²) in [6.45, 7) is 4.84. The lowest BCUT2D eigenvalue weighted by Gasteiger charge is -2.23. The van der Waals surface area contributed by atoms with Gasteiger partial charge in [-0.2, -0.15) is 0 Å².